The fraction of sp³-hybridized carbons (Fsp3) is 0.194. The summed E-state index contributed by atoms with van der Waals surface area (Å²) in [5.74, 6) is 0.601. The van der Waals surface area contributed by atoms with Crippen LogP contribution >= 0.6 is 0 Å². The summed E-state index contributed by atoms with van der Waals surface area (Å²) in [5.41, 5.74) is 2.22. The van der Waals surface area contributed by atoms with E-state index in [0.717, 1.165) is 46.1 Å². The normalized spacial score (nSPS) is 16.0. The van der Waals surface area contributed by atoms with Crippen LogP contribution < -0.4 is 0 Å². The lowest BCUT2D eigenvalue weighted by molar-refractivity contribution is -0.138. The number of rotatable bonds is 4. The smallest absolute Gasteiger partial charge is 0.416 e. The van der Waals surface area contributed by atoms with E-state index in [1.165, 1.54) is 12.1 Å². The second-order valence-electron chi connectivity index (χ2n) is 9.84. The van der Waals surface area contributed by atoms with Gasteiger partial charge in [0.2, 0.25) is 0 Å². The number of hydrogen-bond donors (Lipinski definition) is 0. The SMILES string of the molecule is CC1=N[C@@H](Cn2c3ccc(-c4cccc(C(F)(F)F)c4)cc3c3cc(-c4cccc(C(F)(F)F)c4)ccc32)CO1. The van der Waals surface area contributed by atoms with Crippen molar-refractivity contribution in [2.45, 2.75) is 31.9 Å². The van der Waals surface area contributed by atoms with Crippen molar-refractivity contribution < 1.29 is 31.1 Å². The molecule has 0 radical (unpaired) electrons. The van der Waals surface area contributed by atoms with E-state index in [1.807, 2.05) is 24.3 Å². The number of ether oxygens (including phenoxy) is 1. The van der Waals surface area contributed by atoms with Crippen LogP contribution in [0.4, 0.5) is 26.3 Å². The van der Waals surface area contributed by atoms with Crippen molar-refractivity contribution in [1.29, 1.82) is 0 Å². The first-order chi connectivity index (χ1) is 19.0. The lowest BCUT2D eigenvalue weighted by Crippen LogP contribution is -2.15. The van der Waals surface area contributed by atoms with Gasteiger partial charge in [-0.3, -0.25) is 0 Å². The molecule has 0 saturated carbocycles. The van der Waals surface area contributed by atoms with Crippen LogP contribution in [0.15, 0.2) is 89.9 Å². The maximum atomic E-state index is 13.4. The van der Waals surface area contributed by atoms with Crippen LogP contribution in [0.5, 0.6) is 0 Å². The highest BCUT2D eigenvalue weighted by atomic mass is 19.4. The lowest BCUT2D eigenvalue weighted by Gasteiger charge is -2.12. The summed E-state index contributed by atoms with van der Waals surface area (Å²) in [4.78, 5) is 4.53. The maximum Gasteiger partial charge on any atom is 0.416 e. The van der Waals surface area contributed by atoms with Crippen LogP contribution in [0, 0.1) is 0 Å². The third-order valence-electron chi connectivity index (χ3n) is 7.15. The fourth-order valence-corrected chi connectivity index (χ4v) is 5.26. The van der Waals surface area contributed by atoms with Gasteiger partial charge in [0.25, 0.3) is 0 Å². The van der Waals surface area contributed by atoms with Crippen molar-refractivity contribution in [3.63, 3.8) is 0 Å². The minimum atomic E-state index is -4.47. The van der Waals surface area contributed by atoms with E-state index >= 15 is 0 Å². The molecule has 1 aliphatic rings. The van der Waals surface area contributed by atoms with E-state index in [1.54, 1.807) is 31.2 Å². The Balaban J connectivity index is 1.53. The van der Waals surface area contributed by atoms with Gasteiger partial charge in [0.15, 0.2) is 5.90 Å². The van der Waals surface area contributed by atoms with E-state index in [0.29, 0.717) is 41.3 Å². The first kappa shape index (κ1) is 26.0. The number of fused-ring (bicyclic) bond motifs is 3. The minimum Gasteiger partial charge on any atom is -0.479 e. The summed E-state index contributed by atoms with van der Waals surface area (Å²) < 4.78 is 87.9. The van der Waals surface area contributed by atoms with Gasteiger partial charge < -0.3 is 9.30 Å². The van der Waals surface area contributed by atoms with Gasteiger partial charge in [-0.1, -0.05) is 36.4 Å². The van der Waals surface area contributed by atoms with Crippen molar-refractivity contribution in [3.8, 4) is 22.3 Å². The minimum absolute atomic E-state index is 0.120. The molecule has 0 N–H and O–H groups in total. The molecule has 0 unspecified atom stereocenters. The summed E-state index contributed by atoms with van der Waals surface area (Å²) in [6.07, 6.45) is -8.95. The van der Waals surface area contributed by atoms with Crippen LogP contribution in [0.25, 0.3) is 44.1 Å². The topological polar surface area (TPSA) is 26.5 Å². The molecule has 1 aromatic heterocycles. The Morgan fingerprint density at radius 2 is 1.18 bits per heavy atom. The molecule has 204 valence electrons. The van der Waals surface area contributed by atoms with Gasteiger partial charge in [-0.05, 0) is 70.8 Å². The number of benzene rings is 4. The van der Waals surface area contributed by atoms with Crippen molar-refractivity contribution in [1.82, 2.24) is 4.57 Å². The summed E-state index contributed by atoms with van der Waals surface area (Å²) in [7, 11) is 0. The lowest BCUT2D eigenvalue weighted by atomic mass is 9.98. The monoisotopic (exact) mass is 552 g/mol. The molecule has 40 heavy (non-hydrogen) atoms. The van der Waals surface area contributed by atoms with Crippen LogP contribution in [0.1, 0.15) is 18.1 Å². The van der Waals surface area contributed by atoms with Gasteiger partial charge in [-0.2, -0.15) is 26.3 Å². The molecule has 2 heterocycles. The molecular formula is C31H22F6N2O. The number of hydrogen-bond acceptors (Lipinski definition) is 2. The Labute approximate surface area is 225 Å². The largest absolute Gasteiger partial charge is 0.479 e. The van der Waals surface area contributed by atoms with E-state index in [9.17, 15) is 26.3 Å². The Kier molecular flexibility index (Phi) is 6.12. The Hall–Kier alpha value is -4.27. The molecule has 0 bridgehead atoms. The number of alkyl halides is 6. The number of nitrogens with zero attached hydrogens (tertiary/aromatic N) is 2. The van der Waals surface area contributed by atoms with Crippen LogP contribution in [0.2, 0.25) is 0 Å². The molecule has 0 fully saturated rings. The van der Waals surface area contributed by atoms with Crippen LogP contribution in [-0.4, -0.2) is 23.1 Å². The zero-order valence-corrected chi connectivity index (χ0v) is 21.1. The van der Waals surface area contributed by atoms with Gasteiger partial charge in [0.05, 0.1) is 11.1 Å². The number of aliphatic imine (C=N–C) groups is 1. The quantitative estimate of drug-likeness (QED) is 0.205. The van der Waals surface area contributed by atoms with E-state index in [4.69, 9.17) is 4.74 Å². The highest BCUT2D eigenvalue weighted by Crippen LogP contribution is 2.38. The maximum absolute atomic E-state index is 13.4. The predicted molar refractivity (Wildman–Crippen MR) is 143 cm³/mol. The Bertz CT molecular complexity index is 1670. The number of aromatic nitrogens is 1. The van der Waals surface area contributed by atoms with Crippen LogP contribution in [0.3, 0.4) is 0 Å². The molecule has 1 aliphatic heterocycles. The van der Waals surface area contributed by atoms with E-state index in [-0.39, 0.29) is 6.04 Å². The molecule has 4 aromatic carbocycles. The summed E-state index contributed by atoms with van der Waals surface area (Å²) in [6.45, 7) is 2.72. The average molecular weight is 553 g/mol. The van der Waals surface area contributed by atoms with E-state index in [2.05, 4.69) is 9.56 Å². The van der Waals surface area contributed by atoms with Crippen molar-refractivity contribution in [2.24, 2.45) is 4.99 Å². The molecule has 6 rings (SSSR count). The van der Waals surface area contributed by atoms with Gasteiger partial charge in [0.1, 0.15) is 12.6 Å². The van der Waals surface area contributed by atoms with Crippen molar-refractivity contribution >= 4 is 27.7 Å². The first-order valence-electron chi connectivity index (χ1n) is 12.6. The molecule has 0 spiro atoms. The molecule has 0 amide bonds. The Morgan fingerprint density at radius 3 is 1.60 bits per heavy atom. The fourth-order valence-electron chi connectivity index (χ4n) is 5.26. The molecule has 1 atom stereocenters. The molecular weight excluding hydrogens is 530 g/mol. The second-order valence-corrected chi connectivity index (χ2v) is 9.84. The number of halogens is 6. The van der Waals surface area contributed by atoms with E-state index < -0.39 is 23.5 Å². The van der Waals surface area contributed by atoms with Gasteiger partial charge in [0, 0.05) is 35.3 Å². The first-order valence-corrected chi connectivity index (χ1v) is 12.6. The highest BCUT2D eigenvalue weighted by Gasteiger charge is 2.31. The summed E-state index contributed by atoms with van der Waals surface area (Å²) in [6, 6.07) is 21.1. The summed E-state index contributed by atoms with van der Waals surface area (Å²) in [5, 5.41) is 1.55. The highest BCUT2D eigenvalue weighted by molar-refractivity contribution is 6.10. The van der Waals surface area contributed by atoms with Gasteiger partial charge in [-0.15, -0.1) is 0 Å². The molecule has 5 aromatic rings. The summed E-state index contributed by atoms with van der Waals surface area (Å²) >= 11 is 0. The average Bonchev–Trinajstić information content (AvgIpc) is 3.48. The van der Waals surface area contributed by atoms with Gasteiger partial charge in [-0.25, -0.2) is 4.99 Å². The second kappa shape index (κ2) is 9.43. The Morgan fingerprint density at radius 1 is 0.700 bits per heavy atom. The zero-order valence-electron chi connectivity index (χ0n) is 21.1. The standard InChI is InChI=1S/C31H22F6N2O/c1-18-38-25(17-40-18)16-39-28-10-8-21(19-4-2-6-23(12-19)30(32,33)34)14-26(28)27-15-22(9-11-29(27)39)20-5-3-7-24(13-20)31(35,36)37/h2-15,25H,16-17H2,1H3/t25-/m0/s1. The third-order valence-corrected chi connectivity index (χ3v) is 7.15. The molecule has 0 saturated heterocycles. The van der Waals surface area contributed by atoms with Crippen molar-refractivity contribution in [3.05, 3.63) is 96.1 Å². The predicted octanol–water partition coefficient (Wildman–Crippen LogP) is 8.98. The molecule has 9 heteroatoms. The zero-order chi connectivity index (χ0) is 28.2. The van der Waals surface area contributed by atoms with Crippen molar-refractivity contribution in [2.75, 3.05) is 6.61 Å². The molecule has 0 aliphatic carbocycles. The third kappa shape index (κ3) is 4.80. The molecule has 3 nitrogen and oxygen atoms in total. The van der Waals surface area contributed by atoms with Gasteiger partial charge >= 0.3 is 12.4 Å². The van der Waals surface area contributed by atoms with Crippen LogP contribution in [-0.2, 0) is 23.6 Å².